The molecule has 0 spiro atoms. The zero-order valence-electron chi connectivity index (χ0n) is 10.6. The van der Waals surface area contributed by atoms with E-state index in [0.717, 1.165) is 0 Å². The van der Waals surface area contributed by atoms with Crippen LogP contribution in [0.2, 0.25) is 0 Å². The van der Waals surface area contributed by atoms with Gasteiger partial charge in [-0.3, -0.25) is 0 Å². The van der Waals surface area contributed by atoms with E-state index < -0.39 is 0 Å². The second-order valence-corrected chi connectivity index (χ2v) is 4.32. The lowest BCUT2D eigenvalue weighted by Crippen LogP contribution is -1.91. The molecule has 0 heterocycles. The Balaban J connectivity index is 2.42. The van der Waals surface area contributed by atoms with Gasteiger partial charge in [-0.25, -0.2) is 8.78 Å². The van der Waals surface area contributed by atoms with Crippen LogP contribution in [0.15, 0.2) is 36.4 Å². The molecule has 2 rings (SSSR count). The fourth-order valence-corrected chi connectivity index (χ4v) is 2.03. The molecule has 0 atom stereocenters. The third-order valence-electron chi connectivity index (χ3n) is 3.20. The Kier molecular flexibility index (Phi) is 3.75. The first-order chi connectivity index (χ1) is 8.65. The van der Waals surface area contributed by atoms with Crippen molar-refractivity contribution < 1.29 is 8.78 Å². The summed E-state index contributed by atoms with van der Waals surface area (Å²) in [5.41, 5.74) is 2.80. The lowest BCUT2D eigenvalue weighted by atomic mass is 10.0. The fraction of sp³-hybridized carbons (Fsp3) is 0.250. The molecule has 0 N–H and O–H groups in total. The van der Waals surface area contributed by atoms with Crippen LogP contribution in [0.3, 0.4) is 0 Å². The molecule has 0 aliphatic carbocycles. The first-order valence-corrected chi connectivity index (χ1v) is 6.23. The van der Waals surface area contributed by atoms with E-state index in [1.165, 1.54) is 12.1 Å². The largest absolute Gasteiger partial charge is 0.207 e. The maximum Gasteiger partial charge on any atom is 0.127 e. The predicted molar refractivity (Wildman–Crippen MR) is 70.6 cm³/mol. The summed E-state index contributed by atoms with van der Waals surface area (Å²) in [6.07, 6.45) is 1.32. The van der Waals surface area contributed by atoms with E-state index in [9.17, 15) is 8.78 Å². The Labute approximate surface area is 106 Å². The lowest BCUT2D eigenvalue weighted by molar-refractivity contribution is 0.610. The molecular formula is C16H16F2. The van der Waals surface area contributed by atoms with E-state index in [1.54, 1.807) is 12.1 Å². The number of halogens is 2. The molecule has 0 aliphatic heterocycles. The Morgan fingerprint density at radius 2 is 1.11 bits per heavy atom. The second kappa shape index (κ2) is 5.30. The molecule has 0 radical (unpaired) electrons. The number of aryl methyl sites for hydroxylation is 2. The van der Waals surface area contributed by atoms with Crippen molar-refractivity contribution in [3.8, 4) is 11.1 Å². The molecule has 2 aromatic rings. The van der Waals surface area contributed by atoms with Gasteiger partial charge in [0.05, 0.1) is 0 Å². The van der Waals surface area contributed by atoms with Gasteiger partial charge in [0, 0.05) is 0 Å². The summed E-state index contributed by atoms with van der Waals surface area (Å²) in [5, 5.41) is 0. The van der Waals surface area contributed by atoms with Gasteiger partial charge in [-0.15, -0.1) is 0 Å². The molecule has 0 aliphatic rings. The first kappa shape index (κ1) is 12.7. The van der Waals surface area contributed by atoms with Crippen molar-refractivity contribution >= 4 is 0 Å². The smallest absolute Gasteiger partial charge is 0.127 e. The van der Waals surface area contributed by atoms with Gasteiger partial charge in [0.25, 0.3) is 0 Å². The van der Waals surface area contributed by atoms with Gasteiger partial charge in [0.1, 0.15) is 11.6 Å². The summed E-state index contributed by atoms with van der Waals surface area (Å²) in [7, 11) is 0. The van der Waals surface area contributed by atoms with Crippen molar-refractivity contribution in [2.45, 2.75) is 26.7 Å². The van der Waals surface area contributed by atoms with Crippen LogP contribution >= 0.6 is 0 Å². The fourth-order valence-electron chi connectivity index (χ4n) is 2.03. The zero-order chi connectivity index (χ0) is 13.1. The Hall–Kier alpha value is -1.70. The van der Waals surface area contributed by atoms with E-state index in [4.69, 9.17) is 0 Å². The topological polar surface area (TPSA) is 0 Å². The van der Waals surface area contributed by atoms with Crippen LogP contribution in [0.5, 0.6) is 0 Å². The summed E-state index contributed by atoms with van der Waals surface area (Å²) in [6, 6.07) is 10.1. The molecule has 0 saturated carbocycles. The van der Waals surface area contributed by atoms with Crippen molar-refractivity contribution in [2.75, 3.05) is 0 Å². The molecule has 2 heteroatoms. The van der Waals surface area contributed by atoms with Crippen LogP contribution in [0.1, 0.15) is 25.0 Å². The first-order valence-electron chi connectivity index (χ1n) is 6.23. The standard InChI is InChI=1S/C16H16F2/c1-3-11-5-7-13(9-15(11)17)14-8-6-12(4-2)16(18)10-14/h5-10H,3-4H2,1-2H3. The monoisotopic (exact) mass is 246 g/mol. The van der Waals surface area contributed by atoms with E-state index >= 15 is 0 Å². The van der Waals surface area contributed by atoms with Gasteiger partial charge >= 0.3 is 0 Å². The molecule has 0 saturated heterocycles. The second-order valence-electron chi connectivity index (χ2n) is 4.32. The van der Waals surface area contributed by atoms with Crippen molar-refractivity contribution in [3.05, 3.63) is 59.2 Å². The molecule has 0 aromatic heterocycles. The highest BCUT2D eigenvalue weighted by molar-refractivity contribution is 5.64. The number of benzene rings is 2. The van der Waals surface area contributed by atoms with Crippen LogP contribution in [0.4, 0.5) is 8.78 Å². The minimum absolute atomic E-state index is 0.227. The SMILES string of the molecule is CCc1ccc(-c2ccc(CC)c(F)c2)cc1F. The van der Waals surface area contributed by atoms with Crippen molar-refractivity contribution in [3.63, 3.8) is 0 Å². The molecule has 0 nitrogen and oxygen atoms in total. The normalized spacial score (nSPS) is 10.7. The summed E-state index contributed by atoms with van der Waals surface area (Å²) in [6.45, 7) is 3.82. The molecular weight excluding hydrogens is 230 g/mol. The van der Waals surface area contributed by atoms with Crippen LogP contribution in [-0.2, 0) is 12.8 Å². The third-order valence-corrected chi connectivity index (χ3v) is 3.20. The van der Waals surface area contributed by atoms with Gasteiger partial charge in [0.15, 0.2) is 0 Å². The Bertz CT molecular complexity index is 508. The molecule has 2 aromatic carbocycles. The Morgan fingerprint density at radius 1 is 0.722 bits per heavy atom. The molecule has 18 heavy (non-hydrogen) atoms. The Morgan fingerprint density at radius 3 is 1.39 bits per heavy atom. The summed E-state index contributed by atoms with van der Waals surface area (Å²) in [4.78, 5) is 0. The van der Waals surface area contributed by atoms with Crippen LogP contribution in [-0.4, -0.2) is 0 Å². The van der Waals surface area contributed by atoms with Crippen molar-refractivity contribution in [1.82, 2.24) is 0 Å². The molecule has 0 fully saturated rings. The highest BCUT2D eigenvalue weighted by atomic mass is 19.1. The highest BCUT2D eigenvalue weighted by Gasteiger charge is 2.06. The molecule has 0 bridgehead atoms. The lowest BCUT2D eigenvalue weighted by Gasteiger charge is -2.07. The maximum atomic E-state index is 13.7. The minimum Gasteiger partial charge on any atom is -0.207 e. The average molecular weight is 246 g/mol. The number of hydrogen-bond acceptors (Lipinski definition) is 0. The van der Waals surface area contributed by atoms with E-state index in [-0.39, 0.29) is 11.6 Å². The third kappa shape index (κ3) is 2.42. The number of hydrogen-bond donors (Lipinski definition) is 0. The maximum absolute atomic E-state index is 13.7. The quantitative estimate of drug-likeness (QED) is 0.732. The van der Waals surface area contributed by atoms with Crippen molar-refractivity contribution in [1.29, 1.82) is 0 Å². The van der Waals surface area contributed by atoms with E-state index in [1.807, 2.05) is 26.0 Å². The van der Waals surface area contributed by atoms with Gasteiger partial charge < -0.3 is 0 Å². The highest BCUT2D eigenvalue weighted by Crippen LogP contribution is 2.24. The van der Waals surface area contributed by atoms with Crippen molar-refractivity contribution in [2.24, 2.45) is 0 Å². The number of rotatable bonds is 3. The van der Waals surface area contributed by atoms with Crippen LogP contribution in [0.25, 0.3) is 11.1 Å². The summed E-state index contributed by atoms with van der Waals surface area (Å²) in [5.74, 6) is -0.454. The molecule has 94 valence electrons. The predicted octanol–water partition coefficient (Wildman–Crippen LogP) is 4.76. The van der Waals surface area contributed by atoms with Gasteiger partial charge in [-0.05, 0) is 47.2 Å². The van der Waals surface area contributed by atoms with Crippen LogP contribution in [0, 0.1) is 11.6 Å². The van der Waals surface area contributed by atoms with Gasteiger partial charge in [-0.2, -0.15) is 0 Å². The van der Waals surface area contributed by atoms with Gasteiger partial charge in [-0.1, -0.05) is 38.1 Å². The summed E-state index contributed by atoms with van der Waals surface area (Å²) < 4.78 is 27.4. The summed E-state index contributed by atoms with van der Waals surface area (Å²) >= 11 is 0. The molecule has 0 amide bonds. The minimum atomic E-state index is -0.227. The van der Waals surface area contributed by atoms with Gasteiger partial charge in [0.2, 0.25) is 0 Å². The van der Waals surface area contributed by atoms with E-state index in [0.29, 0.717) is 35.1 Å². The average Bonchev–Trinajstić information content (AvgIpc) is 2.38. The zero-order valence-corrected chi connectivity index (χ0v) is 10.6. The van der Waals surface area contributed by atoms with E-state index in [2.05, 4.69) is 0 Å². The van der Waals surface area contributed by atoms with Crippen LogP contribution < -0.4 is 0 Å². The molecule has 0 unspecified atom stereocenters.